The normalized spacial score (nSPS) is 12.5. The molecule has 0 saturated carbocycles. The summed E-state index contributed by atoms with van der Waals surface area (Å²) in [4.78, 5) is 36.9. The van der Waals surface area contributed by atoms with E-state index in [-0.39, 0.29) is 33.5 Å². The smallest absolute Gasteiger partial charge is 0.352 e. The van der Waals surface area contributed by atoms with Gasteiger partial charge in [-0.05, 0) is 39.0 Å². The molecule has 1 amide bonds. The number of aromatic nitrogens is 1. The molecule has 0 aliphatic carbocycles. The minimum absolute atomic E-state index is 0.0490. The first-order valence-corrected chi connectivity index (χ1v) is 10.5. The van der Waals surface area contributed by atoms with Gasteiger partial charge in [-0.2, -0.15) is 5.26 Å². The number of nitriles is 1. The van der Waals surface area contributed by atoms with E-state index in [2.05, 4.69) is 17.2 Å². The molecule has 0 aliphatic rings. The standard InChI is InChI=1S/C22H24N4O5S/c1-5-10-31-20(28)16(12-23)19-26(6-2)18(27)17(32-19)13-24-14-8-7-9-15(11-14)25-21(29)22(3,4)30/h5,7-9,11,13,24,30H,1,6,10H2,2-4H3,(H,25,29)/b17-13+,19-16-. The lowest BCUT2D eigenvalue weighted by Gasteiger charge is -2.16. The third kappa shape index (κ3) is 5.94. The van der Waals surface area contributed by atoms with E-state index in [1.165, 1.54) is 30.7 Å². The van der Waals surface area contributed by atoms with E-state index in [1.807, 2.05) is 6.07 Å². The number of rotatable bonds is 8. The molecule has 0 fully saturated rings. The first-order chi connectivity index (χ1) is 15.1. The Hall–Kier alpha value is -3.68. The SMILES string of the molecule is C=CCOC(=O)/C(C#N)=c1\s/c(=C/Nc2cccc(NC(=O)C(C)(C)O)c2)c(=O)n1CC. The number of nitrogens with one attached hydrogen (secondary N) is 2. The van der Waals surface area contributed by atoms with Crippen LogP contribution in [0.4, 0.5) is 11.4 Å². The number of thiazole rings is 1. The Morgan fingerprint density at radius 3 is 2.66 bits per heavy atom. The van der Waals surface area contributed by atoms with Crippen molar-refractivity contribution in [2.75, 3.05) is 17.2 Å². The zero-order valence-electron chi connectivity index (χ0n) is 18.0. The summed E-state index contributed by atoms with van der Waals surface area (Å²) < 4.78 is 6.74. The molecule has 2 rings (SSSR count). The molecule has 1 heterocycles. The lowest BCUT2D eigenvalue weighted by atomic mass is 10.1. The van der Waals surface area contributed by atoms with E-state index in [0.29, 0.717) is 11.4 Å². The van der Waals surface area contributed by atoms with Crippen LogP contribution in [0.25, 0.3) is 11.8 Å². The lowest BCUT2D eigenvalue weighted by molar-refractivity contribution is -0.135. The van der Waals surface area contributed by atoms with Crippen LogP contribution in [0.2, 0.25) is 0 Å². The number of nitrogens with zero attached hydrogens (tertiary/aromatic N) is 2. The van der Waals surface area contributed by atoms with Gasteiger partial charge in [0.1, 0.15) is 27.5 Å². The third-order valence-electron chi connectivity index (χ3n) is 4.13. The molecule has 168 valence electrons. The van der Waals surface area contributed by atoms with Crippen molar-refractivity contribution in [3.63, 3.8) is 0 Å². The van der Waals surface area contributed by atoms with Gasteiger partial charge >= 0.3 is 5.97 Å². The fourth-order valence-corrected chi connectivity index (χ4v) is 3.58. The molecule has 2 aromatic rings. The van der Waals surface area contributed by atoms with Gasteiger partial charge in [0.15, 0.2) is 5.57 Å². The van der Waals surface area contributed by atoms with Crippen molar-refractivity contribution >= 4 is 46.4 Å². The molecule has 0 atom stereocenters. The van der Waals surface area contributed by atoms with Crippen molar-refractivity contribution < 1.29 is 19.4 Å². The second-order valence-corrected chi connectivity index (χ2v) is 8.11. The monoisotopic (exact) mass is 456 g/mol. The molecule has 0 radical (unpaired) electrons. The number of ether oxygens (including phenoxy) is 1. The number of anilines is 2. The molecule has 32 heavy (non-hydrogen) atoms. The van der Waals surface area contributed by atoms with Crippen LogP contribution in [0.1, 0.15) is 20.8 Å². The van der Waals surface area contributed by atoms with Crippen molar-refractivity contribution in [1.29, 1.82) is 5.26 Å². The molecule has 1 aromatic carbocycles. The zero-order valence-corrected chi connectivity index (χ0v) is 18.8. The van der Waals surface area contributed by atoms with Gasteiger partial charge in [0.05, 0.1) is 0 Å². The second-order valence-electron chi connectivity index (χ2n) is 7.08. The fraction of sp³-hybridized carbons (Fsp3) is 0.273. The summed E-state index contributed by atoms with van der Waals surface area (Å²) in [5.41, 5.74) is -1.12. The predicted molar refractivity (Wildman–Crippen MR) is 123 cm³/mol. The number of carbonyl (C=O) groups is 2. The van der Waals surface area contributed by atoms with E-state index in [4.69, 9.17) is 4.74 Å². The molecule has 0 unspecified atom stereocenters. The second kappa shape index (κ2) is 10.6. The average molecular weight is 457 g/mol. The van der Waals surface area contributed by atoms with Gasteiger partial charge < -0.3 is 20.5 Å². The minimum atomic E-state index is -1.53. The Labute approximate surface area is 188 Å². The third-order valence-corrected chi connectivity index (χ3v) is 5.26. The van der Waals surface area contributed by atoms with Gasteiger partial charge in [-0.1, -0.05) is 18.7 Å². The Balaban J connectivity index is 2.42. The molecule has 0 bridgehead atoms. The summed E-state index contributed by atoms with van der Waals surface area (Å²) in [7, 11) is 0. The lowest BCUT2D eigenvalue weighted by Crippen LogP contribution is -2.36. The summed E-state index contributed by atoms with van der Waals surface area (Å²) in [5, 5.41) is 24.8. The summed E-state index contributed by atoms with van der Waals surface area (Å²) in [6.07, 6.45) is 2.85. The van der Waals surface area contributed by atoms with Crippen LogP contribution in [0.15, 0.2) is 41.7 Å². The van der Waals surface area contributed by atoms with Crippen LogP contribution in [-0.2, 0) is 20.9 Å². The maximum absolute atomic E-state index is 12.7. The Morgan fingerprint density at radius 1 is 1.38 bits per heavy atom. The maximum Gasteiger partial charge on any atom is 0.352 e. The van der Waals surface area contributed by atoms with Crippen molar-refractivity contribution in [1.82, 2.24) is 4.57 Å². The molecule has 9 nitrogen and oxygen atoms in total. The largest absolute Gasteiger partial charge is 0.457 e. The average Bonchev–Trinajstić information content (AvgIpc) is 3.05. The first kappa shape index (κ1) is 24.6. The number of aliphatic hydroxyl groups is 1. The van der Waals surface area contributed by atoms with Gasteiger partial charge in [-0.25, -0.2) is 4.79 Å². The van der Waals surface area contributed by atoms with Gasteiger partial charge in [0, 0.05) is 24.1 Å². The number of hydrogen-bond acceptors (Lipinski definition) is 8. The van der Waals surface area contributed by atoms with Crippen LogP contribution < -0.4 is 25.4 Å². The van der Waals surface area contributed by atoms with E-state index < -0.39 is 17.5 Å². The van der Waals surface area contributed by atoms with Crippen LogP contribution >= 0.6 is 11.3 Å². The van der Waals surface area contributed by atoms with Crippen molar-refractivity contribution in [2.24, 2.45) is 0 Å². The summed E-state index contributed by atoms with van der Waals surface area (Å²) >= 11 is 0.986. The molecule has 1 aromatic heterocycles. The summed E-state index contributed by atoms with van der Waals surface area (Å²) in [6.45, 7) is 8.16. The van der Waals surface area contributed by atoms with Crippen LogP contribution in [0.5, 0.6) is 0 Å². The number of esters is 1. The zero-order chi connectivity index (χ0) is 23.9. The molecular weight excluding hydrogens is 432 g/mol. The van der Waals surface area contributed by atoms with Gasteiger partial charge in [0.2, 0.25) is 0 Å². The maximum atomic E-state index is 12.7. The van der Waals surface area contributed by atoms with Gasteiger partial charge in [0.25, 0.3) is 11.5 Å². The molecule has 0 spiro atoms. The molecule has 0 aliphatic heterocycles. The summed E-state index contributed by atoms with van der Waals surface area (Å²) in [6, 6.07) is 8.52. The summed E-state index contributed by atoms with van der Waals surface area (Å²) in [5.74, 6) is -1.39. The highest BCUT2D eigenvalue weighted by Gasteiger charge is 2.23. The first-order valence-electron chi connectivity index (χ1n) is 9.65. The number of carbonyl (C=O) groups excluding carboxylic acids is 2. The molecular formula is C22H24N4O5S. The quantitative estimate of drug-likeness (QED) is 0.397. The van der Waals surface area contributed by atoms with Crippen molar-refractivity contribution in [3.8, 4) is 6.07 Å². The van der Waals surface area contributed by atoms with E-state index in [9.17, 15) is 24.8 Å². The van der Waals surface area contributed by atoms with Crippen molar-refractivity contribution in [2.45, 2.75) is 32.9 Å². The van der Waals surface area contributed by atoms with Crippen LogP contribution in [-0.4, -0.2) is 33.8 Å². The molecule has 10 heteroatoms. The molecule has 3 N–H and O–H groups in total. The minimum Gasteiger partial charge on any atom is -0.457 e. The van der Waals surface area contributed by atoms with Gasteiger partial charge in [-0.15, -0.1) is 11.3 Å². The number of amides is 1. The Bertz CT molecular complexity index is 1240. The Kier molecular flexibility index (Phi) is 8.12. The fourth-order valence-electron chi connectivity index (χ4n) is 2.50. The number of hydrogen-bond donors (Lipinski definition) is 3. The van der Waals surface area contributed by atoms with Crippen LogP contribution in [0, 0.1) is 11.3 Å². The number of benzene rings is 1. The van der Waals surface area contributed by atoms with E-state index in [0.717, 1.165) is 11.3 Å². The molecule has 0 saturated heterocycles. The topological polar surface area (TPSA) is 133 Å². The predicted octanol–water partition coefficient (Wildman–Crippen LogP) is 0.893. The van der Waals surface area contributed by atoms with Crippen LogP contribution in [0.3, 0.4) is 0 Å². The highest BCUT2D eigenvalue weighted by molar-refractivity contribution is 7.07. The Morgan fingerprint density at radius 2 is 2.06 bits per heavy atom. The van der Waals surface area contributed by atoms with E-state index in [1.54, 1.807) is 31.2 Å². The highest BCUT2D eigenvalue weighted by atomic mass is 32.1. The van der Waals surface area contributed by atoms with Crippen molar-refractivity contribution in [3.05, 3.63) is 56.5 Å². The van der Waals surface area contributed by atoms with Gasteiger partial charge in [-0.3, -0.25) is 14.2 Å². The van der Waals surface area contributed by atoms with E-state index >= 15 is 0 Å². The highest BCUT2D eigenvalue weighted by Crippen LogP contribution is 2.16.